The Balaban J connectivity index is 2.31. The highest BCUT2D eigenvalue weighted by molar-refractivity contribution is 7.10. The monoisotopic (exact) mass is 255 g/mol. The van der Waals surface area contributed by atoms with E-state index in [-0.39, 0.29) is 24.9 Å². The van der Waals surface area contributed by atoms with Crippen molar-refractivity contribution < 1.29 is 9.59 Å². The van der Waals surface area contributed by atoms with Gasteiger partial charge in [-0.15, -0.1) is 11.3 Å². The smallest absolute Gasteiger partial charge is 0.239 e. The summed E-state index contributed by atoms with van der Waals surface area (Å²) in [5, 5.41) is 7.18. The second-order valence-electron chi connectivity index (χ2n) is 3.48. The molecule has 0 aromatic carbocycles. The van der Waals surface area contributed by atoms with Crippen LogP contribution in [0, 0.1) is 0 Å². The molecule has 0 saturated carbocycles. The highest BCUT2D eigenvalue weighted by Gasteiger charge is 2.06. The van der Waals surface area contributed by atoms with E-state index in [0.717, 1.165) is 11.3 Å². The molecule has 94 valence electrons. The SMILES string of the molecule is CCc1ccsc1CNC(=O)CNC(=O)CN. The Morgan fingerprint density at radius 2 is 2.12 bits per heavy atom. The van der Waals surface area contributed by atoms with Gasteiger partial charge in [-0.25, -0.2) is 0 Å². The summed E-state index contributed by atoms with van der Waals surface area (Å²) in [5.41, 5.74) is 6.36. The maximum absolute atomic E-state index is 11.4. The van der Waals surface area contributed by atoms with Crippen molar-refractivity contribution >= 4 is 23.2 Å². The maximum Gasteiger partial charge on any atom is 0.239 e. The number of aryl methyl sites for hydroxylation is 1. The Bertz CT molecular complexity index is 390. The quantitative estimate of drug-likeness (QED) is 0.669. The van der Waals surface area contributed by atoms with Crippen LogP contribution in [0.4, 0.5) is 0 Å². The van der Waals surface area contributed by atoms with Gasteiger partial charge in [0, 0.05) is 4.88 Å². The summed E-state index contributed by atoms with van der Waals surface area (Å²) in [6.07, 6.45) is 0.957. The van der Waals surface area contributed by atoms with E-state index < -0.39 is 0 Å². The van der Waals surface area contributed by atoms with Crippen molar-refractivity contribution in [1.82, 2.24) is 10.6 Å². The molecule has 0 aliphatic rings. The number of rotatable bonds is 6. The molecule has 1 aromatic heterocycles. The largest absolute Gasteiger partial charge is 0.350 e. The van der Waals surface area contributed by atoms with Crippen LogP contribution in [0.1, 0.15) is 17.4 Å². The van der Waals surface area contributed by atoms with Gasteiger partial charge in [0.05, 0.1) is 19.6 Å². The van der Waals surface area contributed by atoms with Crippen LogP contribution in [-0.2, 0) is 22.6 Å². The first-order valence-corrected chi connectivity index (χ1v) is 6.34. The van der Waals surface area contributed by atoms with Crippen molar-refractivity contribution in [3.8, 4) is 0 Å². The normalized spacial score (nSPS) is 10.0. The first-order chi connectivity index (χ1) is 8.17. The van der Waals surface area contributed by atoms with E-state index in [0.29, 0.717) is 6.54 Å². The van der Waals surface area contributed by atoms with Crippen LogP contribution in [0.2, 0.25) is 0 Å². The maximum atomic E-state index is 11.4. The number of amides is 2. The molecule has 0 aliphatic carbocycles. The summed E-state index contributed by atoms with van der Waals surface area (Å²) in [7, 11) is 0. The number of thiophene rings is 1. The molecule has 5 nitrogen and oxygen atoms in total. The Labute approximate surface area is 104 Å². The lowest BCUT2D eigenvalue weighted by Gasteiger charge is -2.06. The third-order valence-electron chi connectivity index (χ3n) is 2.30. The zero-order valence-electron chi connectivity index (χ0n) is 9.79. The van der Waals surface area contributed by atoms with Gasteiger partial charge in [-0.2, -0.15) is 0 Å². The minimum atomic E-state index is -0.328. The second kappa shape index (κ2) is 7.03. The van der Waals surface area contributed by atoms with Crippen LogP contribution in [-0.4, -0.2) is 24.9 Å². The molecule has 1 aromatic rings. The van der Waals surface area contributed by atoms with Crippen molar-refractivity contribution in [2.45, 2.75) is 19.9 Å². The number of hydrogen-bond donors (Lipinski definition) is 3. The van der Waals surface area contributed by atoms with Crippen molar-refractivity contribution in [3.05, 3.63) is 21.9 Å². The summed E-state index contributed by atoms with van der Waals surface area (Å²) in [6.45, 7) is 2.47. The fraction of sp³-hybridized carbons (Fsp3) is 0.455. The fourth-order valence-electron chi connectivity index (χ4n) is 1.33. The van der Waals surface area contributed by atoms with E-state index in [2.05, 4.69) is 23.6 Å². The second-order valence-corrected chi connectivity index (χ2v) is 4.48. The molecule has 4 N–H and O–H groups in total. The lowest BCUT2D eigenvalue weighted by molar-refractivity contribution is -0.125. The van der Waals surface area contributed by atoms with E-state index >= 15 is 0 Å². The Kier molecular flexibility index (Phi) is 5.65. The Morgan fingerprint density at radius 1 is 1.35 bits per heavy atom. The molecular formula is C11H17N3O2S. The number of carbonyl (C=O) groups excluding carboxylic acids is 2. The topological polar surface area (TPSA) is 84.2 Å². The fourth-order valence-corrected chi connectivity index (χ4v) is 2.25. The van der Waals surface area contributed by atoms with Gasteiger partial charge in [0.2, 0.25) is 11.8 Å². The number of nitrogens with one attached hydrogen (secondary N) is 2. The van der Waals surface area contributed by atoms with Gasteiger partial charge in [0.25, 0.3) is 0 Å². The van der Waals surface area contributed by atoms with Crippen molar-refractivity contribution in [2.75, 3.05) is 13.1 Å². The Hall–Kier alpha value is -1.40. The van der Waals surface area contributed by atoms with Crippen LogP contribution in [0.25, 0.3) is 0 Å². The van der Waals surface area contributed by atoms with Gasteiger partial charge in [0.1, 0.15) is 0 Å². The number of nitrogens with two attached hydrogens (primary N) is 1. The minimum Gasteiger partial charge on any atom is -0.350 e. The summed E-state index contributed by atoms with van der Waals surface area (Å²) in [5.74, 6) is -0.534. The van der Waals surface area contributed by atoms with Gasteiger partial charge in [-0.3, -0.25) is 9.59 Å². The standard InChI is InChI=1S/C11H17N3O2S/c1-2-8-3-4-17-9(8)6-13-11(16)7-14-10(15)5-12/h3-4H,2,5-7,12H2,1H3,(H,13,16)(H,14,15). The third-order valence-corrected chi connectivity index (χ3v) is 3.26. The van der Waals surface area contributed by atoms with Crippen LogP contribution in [0.3, 0.4) is 0 Å². The van der Waals surface area contributed by atoms with Crippen molar-refractivity contribution in [1.29, 1.82) is 0 Å². The molecule has 0 spiro atoms. The van der Waals surface area contributed by atoms with Gasteiger partial charge in [-0.05, 0) is 23.4 Å². The molecular weight excluding hydrogens is 238 g/mol. The predicted octanol–water partition coefficient (Wildman–Crippen LogP) is 0.00160. The molecule has 0 bridgehead atoms. The van der Waals surface area contributed by atoms with Gasteiger partial charge >= 0.3 is 0 Å². The molecule has 1 rings (SSSR count). The van der Waals surface area contributed by atoms with E-state index in [1.54, 1.807) is 11.3 Å². The summed E-state index contributed by atoms with van der Waals surface area (Å²) < 4.78 is 0. The van der Waals surface area contributed by atoms with Gasteiger partial charge in [-0.1, -0.05) is 6.92 Å². The molecule has 6 heteroatoms. The molecule has 0 fully saturated rings. The predicted molar refractivity (Wildman–Crippen MR) is 67.6 cm³/mol. The highest BCUT2D eigenvalue weighted by atomic mass is 32.1. The van der Waals surface area contributed by atoms with Crippen LogP contribution in [0.5, 0.6) is 0 Å². The number of hydrogen-bond acceptors (Lipinski definition) is 4. The van der Waals surface area contributed by atoms with Crippen molar-refractivity contribution in [3.63, 3.8) is 0 Å². The van der Waals surface area contributed by atoms with Crippen LogP contribution < -0.4 is 16.4 Å². The third kappa shape index (κ3) is 4.54. The average molecular weight is 255 g/mol. The van der Waals surface area contributed by atoms with Crippen LogP contribution >= 0.6 is 11.3 Å². The zero-order chi connectivity index (χ0) is 12.7. The minimum absolute atomic E-state index is 0.0249. The van der Waals surface area contributed by atoms with Crippen LogP contribution in [0.15, 0.2) is 11.4 Å². The molecule has 0 saturated heterocycles. The summed E-state index contributed by atoms with van der Waals surface area (Å²) >= 11 is 1.62. The lowest BCUT2D eigenvalue weighted by Crippen LogP contribution is -2.39. The zero-order valence-corrected chi connectivity index (χ0v) is 10.6. The van der Waals surface area contributed by atoms with Crippen molar-refractivity contribution in [2.24, 2.45) is 5.73 Å². The molecule has 1 heterocycles. The molecule has 2 amide bonds. The van der Waals surface area contributed by atoms with E-state index in [9.17, 15) is 9.59 Å². The Morgan fingerprint density at radius 3 is 2.76 bits per heavy atom. The first-order valence-electron chi connectivity index (χ1n) is 5.46. The van der Waals surface area contributed by atoms with E-state index in [4.69, 9.17) is 5.73 Å². The number of carbonyl (C=O) groups is 2. The van der Waals surface area contributed by atoms with E-state index in [1.807, 2.05) is 5.38 Å². The van der Waals surface area contributed by atoms with E-state index in [1.165, 1.54) is 5.56 Å². The molecule has 0 atom stereocenters. The van der Waals surface area contributed by atoms with Gasteiger partial charge < -0.3 is 16.4 Å². The summed E-state index contributed by atoms with van der Waals surface area (Å²) in [4.78, 5) is 23.4. The van der Waals surface area contributed by atoms with Gasteiger partial charge in [0.15, 0.2) is 0 Å². The molecule has 0 unspecified atom stereocenters. The first kappa shape index (κ1) is 13.7. The highest BCUT2D eigenvalue weighted by Crippen LogP contribution is 2.16. The molecule has 17 heavy (non-hydrogen) atoms. The summed E-state index contributed by atoms with van der Waals surface area (Å²) in [6, 6.07) is 2.06. The molecule has 0 radical (unpaired) electrons. The average Bonchev–Trinajstić information content (AvgIpc) is 2.80. The molecule has 0 aliphatic heterocycles. The lowest BCUT2D eigenvalue weighted by atomic mass is 10.2.